The van der Waals surface area contributed by atoms with Crippen LogP contribution in [0.2, 0.25) is 0 Å². The molecular formula is C22H27N3O2. The summed E-state index contributed by atoms with van der Waals surface area (Å²) in [6.45, 7) is 5.79. The molecule has 0 aliphatic carbocycles. The summed E-state index contributed by atoms with van der Waals surface area (Å²) in [4.78, 5) is 31.3. The number of amides is 2. The summed E-state index contributed by atoms with van der Waals surface area (Å²) < 4.78 is 0. The van der Waals surface area contributed by atoms with Crippen LogP contribution in [0.3, 0.4) is 0 Å². The molecule has 0 saturated carbocycles. The molecule has 27 heavy (non-hydrogen) atoms. The van der Waals surface area contributed by atoms with Crippen LogP contribution >= 0.6 is 0 Å². The number of benzene rings is 1. The van der Waals surface area contributed by atoms with Gasteiger partial charge in [0.05, 0.1) is 5.92 Å². The molecular weight excluding hydrogens is 338 g/mol. The Morgan fingerprint density at radius 1 is 1.22 bits per heavy atom. The number of aromatic nitrogens is 1. The Kier molecular flexibility index (Phi) is 6.22. The van der Waals surface area contributed by atoms with Crippen molar-refractivity contribution in [2.24, 2.45) is 5.92 Å². The summed E-state index contributed by atoms with van der Waals surface area (Å²) in [7, 11) is 0. The maximum absolute atomic E-state index is 12.9. The molecule has 2 aromatic rings. The molecule has 1 aromatic carbocycles. The summed E-state index contributed by atoms with van der Waals surface area (Å²) in [6.07, 6.45) is 6.01. The second-order valence-corrected chi connectivity index (χ2v) is 7.37. The van der Waals surface area contributed by atoms with Gasteiger partial charge in [-0.2, -0.15) is 0 Å². The van der Waals surface area contributed by atoms with E-state index in [1.807, 2.05) is 49.2 Å². The molecule has 0 radical (unpaired) electrons. The SMILES string of the molecule is Cc1cc(C)cc(C(=O)N2CCCC(C(=O)NCCc3cccnc3)C2)c1. The van der Waals surface area contributed by atoms with Crippen molar-refractivity contribution in [1.29, 1.82) is 0 Å². The predicted molar refractivity (Wildman–Crippen MR) is 105 cm³/mol. The standard InChI is InChI=1S/C22H27N3O2/c1-16-11-17(2)13-20(12-16)22(27)25-10-4-6-19(15-25)21(26)24-9-7-18-5-3-8-23-14-18/h3,5,8,11-14,19H,4,6-7,9-10,15H2,1-2H3,(H,24,26). The summed E-state index contributed by atoms with van der Waals surface area (Å²) in [5, 5.41) is 3.01. The van der Waals surface area contributed by atoms with Crippen molar-refractivity contribution in [2.75, 3.05) is 19.6 Å². The largest absolute Gasteiger partial charge is 0.355 e. The molecule has 1 N–H and O–H groups in total. The lowest BCUT2D eigenvalue weighted by atomic mass is 9.96. The highest BCUT2D eigenvalue weighted by Crippen LogP contribution is 2.20. The van der Waals surface area contributed by atoms with Crippen molar-refractivity contribution in [3.05, 3.63) is 65.0 Å². The van der Waals surface area contributed by atoms with Crippen molar-refractivity contribution in [2.45, 2.75) is 33.1 Å². The number of nitrogens with zero attached hydrogens (tertiary/aromatic N) is 2. The lowest BCUT2D eigenvalue weighted by molar-refractivity contribution is -0.126. The average Bonchev–Trinajstić information content (AvgIpc) is 2.67. The van der Waals surface area contributed by atoms with E-state index >= 15 is 0 Å². The molecule has 1 saturated heterocycles. The summed E-state index contributed by atoms with van der Waals surface area (Å²) in [5.74, 6) is -0.0750. The summed E-state index contributed by atoms with van der Waals surface area (Å²) in [5.41, 5.74) is 3.98. The zero-order chi connectivity index (χ0) is 19.2. The quantitative estimate of drug-likeness (QED) is 0.886. The minimum Gasteiger partial charge on any atom is -0.355 e. The zero-order valence-corrected chi connectivity index (χ0v) is 16.1. The smallest absolute Gasteiger partial charge is 0.253 e. The van der Waals surface area contributed by atoms with Crippen LogP contribution in [0.1, 0.15) is 39.9 Å². The van der Waals surface area contributed by atoms with Gasteiger partial charge in [0, 0.05) is 37.6 Å². The van der Waals surface area contributed by atoms with E-state index in [0.717, 1.165) is 36.0 Å². The molecule has 5 heteroatoms. The lowest BCUT2D eigenvalue weighted by Crippen LogP contribution is -2.45. The second-order valence-electron chi connectivity index (χ2n) is 7.37. The lowest BCUT2D eigenvalue weighted by Gasteiger charge is -2.32. The van der Waals surface area contributed by atoms with Gasteiger partial charge in [0.2, 0.25) is 5.91 Å². The first-order valence-corrected chi connectivity index (χ1v) is 9.57. The van der Waals surface area contributed by atoms with Crippen LogP contribution in [0.15, 0.2) is 42.7 Å². The first kappa shape index (κ1) is 19.1. The number of piperidine rings is 1. The Morgan fingerprint density at radius 2 is 2.00 bits per heavy atom. The van der Waals surface area contributed by atoms with Crippen LogP contribution in [-0.2, 0) is 11.2 Å². The van der Waals surface area contributed by atoms with E-state index in [9.17, 15) is 9.59 Å². The van der Waals surface area contributed by atoms with E-state index in [4.69, 9.17) is 0 Å². The number of aryl methyl sites for hydroxylation is 2. The van der Waals surface area contributed by atoms with Gasteiger partial charge in [-0.05, 0) is 56.9 Å². The monoisotopic (exact) mass is 365 g/mol. The van der Waals surface area contributed by atoms with Crippen LogP contribution in [-0.4, -0.2) is 41.3 Å². The van der Waals surface area contributed by atoms with Crippen molar-refractivity contribution < 1.29 is 9.59 Å². The summed E-state index contributed by atoms with van der Waals surface area (Å²) >= 11 is 0. The van der Waals surface area contributed by atoms with Crippen LogP contribution < -0.4 is 5.32 Å². The maximum atomic E-state index is 12.9. The third kappa shape index (κ3) is 5.16. The molecule has 1 atom stereocenters. The first-order valence-electron chi connectivity index (χ1n) is 9.57. The van der Waals surface area contributed by atoms with Crippen LogP contribution in [0.5, 0.6) is 0 Å². The molecule has 142 valence electrons. The zero-order valence-electron chi connectivity index (χ0n) is 16.1. The normalized spacial score (nSPS) is 16.8. The van der Waals surface area contributed by atoms with Crippen molar-refractivity contribution >= 4 is 11.8 Å². The molecule has 1 aliphatic heterocycles. The van der Waals surface area contributed by atoms with Gasteiger partial charge >= 0.3 is 0 Å². The highest BCUT2D eigenvalue weighted by molar-refractivity contribution is 5.95. The number of hydrogen-bond donors (Lipinski definition) is 1. The molecule has 1 aliphatic rings. The number of carbonyl (C=O) groups excluding carboxylic acids is 2. The van der Waals surface area contributed by atoms with Crippen molar-refractivity contribution in [1.82, 2.24) is 15.2 Å². The van der Waals surface area contributed by atoms with E-state index in [0.29, 0.717) is 25.2 Å². The maximum Gasteiger partial charge on any atom is 0.253 e. The topological polar surface area (TPSA) is 62.3 Å². The van der Waals surface area contributed by atoms with Gasteiger partial charge in [0.15, 0.2) is 0 Å². The average molecular weight is 365 g/mol. The number of pyridine rings is 1. The Labute approximate surface area is 160 Å². The number of likely N-dealkylation sites (tertiary alicyclic amines) is 1. The number of rotatable bonds is 5. The van der Waals surface area contributed by atoms with Gasteiger partial charge in [0.1, 0.15) is 0 Å². The Hall–Kier alpha value is -2.69. The fourth-order valence-electron chi connectivity index (χ4n) is 3.68. The van der Waals surface area contributed by atoms with Gasteiger partial charge in [-0.15, -0.1) is 0 Å². The highest BCUT2D eigenvalue weighted by atomic mass is 16.2. The van der Waals surface area contributed by atoms with Crippen LogP contribution in [0.25, 0.3) is 0 Å². The predicted octanol–water partition coefficient (Wildman–Crippen LogP) is 2.91. The summed E-state index contributed by atoms with van der Waals surface area (Å²) in [6, 6.07) is 9.81. The van der Waals surface area contributed by atoms with Gasteiger partial charge in [-0.1, -0.05) is 23.3 Å². The Balaban J connectivity index is 1.55. The second kappa shape index (κ2) is 8.80. The molecule has 2 heterocycles. The number of carbonyl (C=O) groups is 2. The van der Waals surface area contributed by atoms with Crippen LogP contribution in [0.4, 0.5) is 0 Å². The fraction of sp³-hybridized carbons (Fsp3) is 0.409. The third-order valence-corrected chi connectivity index (χ3v) is 4.98. The molecule has 1 aromatic heterocycles. The first-order chi connectivity index (χ1) is 13.0. The number of hydrogen-bond acceptors (Lipinski definition) is 3. The Bertz CT molecular complexity index is 784. The van der Waals surface area contributed by atoms with Crippen LogP contribution in [0, 0.1) is 19.8 Å². The van der Waals surface area contributed by atoms with E-state index in [1.165, 1.54) is 0 Å². The van der Waals surface area contributed by atoms with E-state index in [2.05, 4.69) is 16.4 Å². The molecule has 0 spiro atoms. The van der Waals surface area contributed by atoms with Gasteiger partial charge in [-0.3, -0.25) is 14.6 Å². The van der Waals surface area contributed by atoms with E-state index in [1.54, 1.807) is 6.20 Å². The van der Waals surface area contributed by atoms with E-state index in [-0.39, 0.29) is 17.7 Å². The van der Waals surface area contributed by atoms with Gasteiger partial charge in [0.25, 0.3) is 5.91 Å². The van der Waals surface area contributed by atoms with E-state index < -0.39 is 0 Å². The van der Waals surface area contributed by atoms with Crippen molar-refractivity contribution in [3.63, 3.8) is 0 Å². The molecule has 1 fully saturated rings. The Morgan fingerprint density at radius 3 is 2.70 bits per heavy atom. The highest BCUT2D eigenvalue weighted by Gasteiger charge is 2.28. The number of nitrogens with one attached hydrogen (secondary N) is 1. The minimum absolute atomic E-state index is 0.0228. The van der Waals surface area contributed by atoms with Gasteiger partial charge < -0.3 is 10.2 Å². The molecule has 0 bridgehead atoms. The molecule has 3 rings (SSSR count). The third-order valence-electron chi connectivity index (χ3n) is 4.98. The van der Waals surface area contributed by atoms with Gasteiger partial charge in [-0.25, -0.2) is 0 Å². The molecule has 2 amide bonds. The molecule has 1 unspecified atom stereocenters. The minimum atomic E-state index is -0.137. The molecule has 5 nitrogen and oxygen atoms in total. The van der Waals surface area contributed by atoms with Crippen molar-refractivity contribution in [3.8, 4) is 0 Å². The fourth-order valence-corrected chi connectivity index (χ4v) is 3.68.